The van der Waals surface area contributed by atoms with Crippen LogP contribution in [0.4, 0.5) is 20.3 Å². The fourth-order valence-electron chi connectivity index (χ4n) is 5.50. The summed E-state index contributed by atoms with van der Waals surface area (Å²) in [6, 6.07) is 17.3. The lowest BCUT2D eigenvalue weighted by atomic mass is 9.93. The summed E-state index contributed by atoms with van der Waals surface area (Å²) < 4.78 is 34.8. The first-order valence-corrected chi connectivity index (χ1v) is 12.7. The van der Waals surface area contributed by atoms with E-state index in [1.165, 1.54) is 28.8 Å². The summed E-state index contributed by atoms with van der Waals surface area (Å²) in [5, 5.41) is 0. The third-order valence-corrected chi connectivity index (χ3v) is 7.43. The fraction of sp³-hybridized carbons (Fsp3) is 0.300. The van der Waals surface area contributed by atoms with Gasteiger partial charge in [-0.1, -0.05) is 30.8 Å². The second-order valence-corrected chi connectivity index (χ2v) is 9.89. The Morgan fingerprint density at radius 2 is 1.64 bits per heavy atom. The van der Waals surface area contributed by atoms with E-state index in [-0.39, 0.29) is 41.1 Å². The summed E-state index contributed by atoms with van der Waals surface area (Å²) in [4.78, 5) is 25.5. The third-order valence-electron chi connectivity index (χ3n) is 7.43. The van der Waals surface area contributed by atoms with E-state index in [9.17, 15) is 13.6 Å². The first-order chi connectivity index (χ1) is 18.8. The van der Waals surface area contributed by atoms with Crippen molar-refractivity contribution in [2.45, 2.75) is 25.0 Å². The monoisotopic (exact) mass is 529 g/mol. The van der Waals surface area contributed by atoms with Gasteiger partial charge >= 0.3 is 0 Å². The van der Waals surface area contributed by atoms with Gasteiger partial charge in [-0.25, -0.2) is 8.78 Å². The molecule has 1 aliphatic heterocycles. The molecule has 3 heterocycles. The highest BCUT2D eigenvalue weighted by Gasteiger charge is 2.38. The largest absolute Gasteiger partial charge is 0.383 e. The van der Waals surface area contributed by atoms with Crippen molar-refractivity contribution in [3.63, 3.8) is 0 Å². The molecule has 4 aromatic rings. The van der Waals surface area contributed by atoms with Crippen LogP contribution >= 0.6 is 0 Å². The van der Waals surface area contributed by atoms with Gasteiger partial charge in [0.1, 0.15) is 11.6 Å². The zero-order chi connectivity index (χ0) is 27.7. The fourth-order valence-corrected chi connectivity index (χ4v) is 5.50. The molecular weight excluding hydrogens is 500 g/mol. The Labute approximate surface area is 225 Å². The Bertz CT molecular complexity index is 1540. The number of anilines is 1. The van der Waals surface area contributed by atoms with Gasteiger partial charge in [0.2, 0.25) is 5.52 Å². The second-order valence-electron chi connectivity index (χ2n) is 9.89. The molecule has 1 saturated heterocycles. The van der Waals surface area contributed by atoms with Gasteiger partial charge in [0, 0.05) is 39.4 Å². The first kappa shape index (κ1) is 26.5. The molecule has 0 unspecified atom stereocenters. The van der Waals surface area contributed by atoms with Crippen molar-refractivity contribution in [3.8, 4) is 0 Å². The summed E-state index contributed by atoms with van der Waals surface area (Å²) in [6.45, 7) is 11.0. The summed E-state index contributed by atoms with van der Waals surface area (Å²) in [5.74, 6) is -0.392. The summed E-state index contributed by atoms with van der Waals surface area (Å²) in [6.07, 6.45) is 0. The smallest absolute Gasteiger partial charge is 0.270 e. The number of benzene rings is 2. The molecule has 1 aliphatic rings. The van der Waals surface area contributed by atoms with Gasteiger partial charge in [-0.2, -0.15) is 0 Å². The van der Waals surface area contributed by atoms with Crippen molar-refractivity contribution in [2.24, 2.45) is 7.05 Å². The molecule has 2 aromatic heterocycles. The number of aryl methyl sites for hydroxylation is 1. The van der Waals surface area contributed by atoms with Gasteiger partial charge in [-0.05, 0) is 54.4 Å². The minimum Gasteiger partial charge on any atom is -0.383 e. The van der Waals surface area contributed by atoms with Gasteiger partial charge in [-0.3, -0.25) is 9.69 Å². The Morgan fingerprint density at radius 3 is 2.21 bits per heavy atom. The molecule has 0 spiro atoms. The molecule has 9 heteroatoms. The highest BCUT2D eigenvalue weighted by Crippen LogP contribution is 2.36. The quantitative estimate of drug-likeness (QED) is 0.326. The normalized spacial score (nSPS) is 18.0. The zero-order valence-electron chi connectivity index (χ0n) is 22.0. The van der Waals surface area contributed by atoms with Crippen molar-refractivity contribution in [1.29, 1.82) is 0 Å². The topological polar surface area (TPSA) is 55.0 Å². The summed E-state index contributed by atoms with van der Waals surface area (Å²) in [5.41, 5.74) is 3.50. The maximum atomic E-state index is 13.8. The molecule has 0 bridgehead atoms. The maximum absolute atomic E-state index is 13.8. The number of nitrogens with zero attached hydrogens (tertiary/aromatic N) is 5. The molecule has 7 nitrogen and oxygen atoms in total. The van der Waals surface area contributed by atoms with Gasteiger partial charge < -0.3 is 19.0 Å². The van der Waals surface area contributed by atoms with Crippen LogP contribution in [0.25, 0.3) is 15.9 Å². The van der Waals surface area contributed by atoms with Crippen LogP contribution in [0.1, 0.15) is 24.1 Å². The van der Waals surface area contributed by atoms with Crippen LogP contribution in [0.5, 0.6) is 0 Å². The Morgan fingerprint density at radius 1 is 1.03 bits per heavy atom. The molecule has 0 aliphatic carbocycles. The SMILES string of the molecule is [C-]#[N+]c1ccc2c(n1)c(N1C[C@@H](C)N(C(c3ccc(F)cc3)c3ccc(F)cc3)C[C@@H]1COC)cc(=O)n2C. The predicted octanol–water partition coefficient (Wildman–Crippen LogP) is 5.08. The molecule has 2 aromatic carbocycles. The number of hydrogen-bond donors (Lipinski definition) is 0. The lowest BCUT2D eigenvalue weighted by Crippen LogP contribution is -2.60. The summed E-state index contributed by atoms with van der Waals surface area (Å²) >= 11 is 0. The van der Waals surface area contributed by atoms with E-state index in [0.29, 0.717) is 36.4 Å². The number of rotatable bonds is 6. The van der Waals surface area contributed by atoms with Crippen molar-refractivity contribution in [2.75, 3.05) is 31.7 Å². The number of pyridine rings is 2. The predicted molar refractivity (Wildman–Crippen MR) is 147 cm³/mol. The number of piperazine rings is 1. The van der Waals surface area contributed by atoms with Gasteiger partial charge in [0.05, 0.1) is 29.9 Å². The van der Waals surface area contributed by atoms with E-state index in [0.717, 1.165) is 11.1 Å². The molecule has 39 heavy (non-hydrogen) atoms. The highest BCUT2D eigenvalue weighted by atomic mass is 19.1. The second kappa shape index (κ2) is 10.9. The molecule has 1 fully saturated rings. The van der Waals surface area contributed by atoms with E-state index in [4.69, 9.17) is 11.3 Å². The van der Waals surface area contributed by atoms with E-state index in [2.05, 4.69) is 26.6 Å². The molecule has 2 atom stereocenters. The van der Waals surface area contributed by atoms with Crippen molar-refractivity contribution in [3.05, 3.63) is 111 Å². The average molecular weight is 530 g/mol. The standard InChI is InChI=1S/C30H29F2N5O2/c1-19-16-37(26-15-28(38)35(3)25-13-14-27(33-2)34-29(25)26)24(18-39-4)17-36(19)30(20-5-9-22(31)10-6-20)21-7-11-23(32)12-8-21/h5-15,19,24,30H,16-18H2,1,3-4H3/t19-,24-/m1/s1. The number of hydrogen-bond acceptors (Lipinski definition) is 5. The first-order valence-electron chi connectivity index (χ1n) is 12.7. The minimum atomic E-state index is -0.324. The van der Waals surface area contributed by atoms with Gasteiger partial charge in [0.25, 0.3) is 11.4 Å². The minimum absolute atomic E-state index is 0.0265. The highest BCUT2D eigenvalue weighted by molar-refractivity contribution is 5.89. The van der Waals surface area contributed by atoms with Crippen LogP contribution in [0.2, 0.25) is 0 Å². The van der Waals surface area contributed by atoms with Crippen LogP contribution in [-0.4, -0.2) is 53.3 Å². The number of methoxy groups -OCH3 is 1. The van der Waals surface area contributed by atoms with Crippen molar-refractivity contribution in [1.82, 2.24) is 14.5 Å². The molecule has 0 N–H and O–H groups in total. The summed E-state index contributed by atoms with van der Waals surface area (Å²) in [7, 11) is 3.33. The van der Waals surface area contributed by atoms with E-state index in [1.807, 2.05) is 0 Å². The zero-order valence-corrected chi connectivity index (χ0v) is 22.0. The lowest BCUT2D eigenvalue weighted by Gasteiger charge is -2.49. The molecule has 0 amide bonds. The van der Waals surface area contributed by atoms with E-state index < -0.39 is 0 Å². The average Bonchev–Trinajstić information content (AvgIpc) is 2.94. The number of halogens is 2. The number of ether oxygens (including phenoxy) is 1. The van der Waals surface area contributed by atoms with E-state index >= 15 is 0 Å². The van der Waals surface area contributed by atoms with E-state index in [1.54, 1.807) is 56.6 Å². The molecule has 0 saturated carbocycles. The van der Waals surface area contributed by atoms with Crippen LogP contribution < -0.4 is 10.5 Å². The maximum Gasteiger partial charge on any atom is 0.270 e. The molecule has 200 valence electrons. The molecular formula is C30H29F2N5O2. The van der Waals surface area contributed by atoms with Crippen molar-refractivity contribution >= 4 is 22.5 Å². The molecule has 5 rings (SSSR count). The van der Waals surface area contributed by atoms with Gasteiger partial charge in [0.15, 0.2) is 0 Å². The Balaban J connectivity index is 1.59. The number of aromatic nitrogens is 2. The lowest BCUT2D eigenvalue weighted by molar-refractivity contribution is 0.0868. The molecule has 0 radical (unpaired) electrons. The van der Waals surface area contributed by atoms with Crippen LogP contribution in [0.3, 0.4) is 0 Å². The third kappa shape index (κ3) is 5.13. The van der Waals surface area contributed by atoms with Crippen LogP contribution in [0, 0.1) is 18.2 Å². The van der Waals surface area contributed by atoms with Crippen LogP contribution in [-0.2, 0) is 11.8 Å². The van der Waals surface area contributed by atoms with Crippen LogP contribution in [0.15, 0.2) is 71.5 Å². The number of fused-ring (bicyclic) bond motifs is 1. The van der Waals surface area contributed by atoms with Gasteiger partial charge in [-0.15, -0.1) is 4.98 Å². The Hall–Kier alpha value is -4.13. The Kier molecular flexibility index (Phi) is 7.42. The van der Waals surface area contributed by atoms with Crippen molar-refractivity contribution < 1.29 is 13.5 Å².